The molecule has 5 nitrogen and oxygen atoms in total. The second kappa shape index (κ2) is 5.47. The summed E-state index contributed by atoms with van der Waals surface area (Å²) in [5, 5.41) is 0. The molecule has 1 aliphatic heterocycles. The summed E-state index contributed by atoms with van der Waals surface area (Å²) in [5.41, 5.74) is 2.66. The SMILES string of the molecule is CCC(=O)N1CCN(C(=O)c2cc(C)[nH]c2C)CC1. The molecule has 1 aliphatic rings. The number of H-pyrrole nitrogens is 1. The fraction of sp³-hybridized carbons (Fsp3) is 0.571. The van der Waals surface area contributed by atoms with Gasteiger partial charge in [-0.1, -0.05) is 6.92 Å². The summed E-state index contributed by atoms with van der Waals surface area (Å²) in [6, 6.07) is 1.89. The number of carbonyl (C=O) groups excluding carboxylic acids is 2. The van der Waals surface area contributed by atoms with Gasteiger partial charge in [-0.15, -0.1) is 0 Å². The van der Waals surface area contributed by atoms with Crippen LogP contribution in [0.2, 0.25) is 0 Å². The normalized spacial score (nSPS) is 15.7. The topological polar surface area (TPSA) is 56.4 Å². The van der Waals surface area contributed by atoms with Crippen molar-refractivity contribution in [2.75, 3.05) is 26.2 Å². The molecule has 1 fully saturated rings. The van der Waals surface area contributed by atoms with Crippen molar-refractivity contribution >= 4 is 11.8 Å². The molecule has 0 aliphatic carbocycles. The summed E-state index contributed by atoms with van der Waals surface area (Å²) in [7, 11) is 0. The van der Waals surface area contributed by atoms with Crippen LogP contribution in [-0.2, 0) is 4.79 Å². The smallest absolute Gasteiger partial charge is 0.255 e. The van der Waals surface area contributed by atoms with Gasteiger partial charge in [0.2, 0.25) is 5.91 Å². The molecule has 104 valence electrons. The highest BCUT2D eigenvalue weighted by molar-refractivity contribution is 5.95. The van der Waals surface area contributed by atoms with E-state index in [2.05, 4.69) is 4.98 Å². The summed E-state index contributed by atoms with van der Waals surface area (Å²) >= 11 is 0. The Morgan fingerprint density at radius 1 is 1.16 bits per heavy atom. The lowest BCUT2D eigenvalue weighted by molar-refractivity contribution is -0.132. The summed E-state index contributed by atoms with van der Waals surface area (Å²) < 4.78 is 0. The number of amides is 2. The maximum atomic E-state index is 12.4. The summed E-state index contributed by atoms with van der Waals surface area (Å²) in [5.74, 6) is 0.228. The van der Waals surface area contributed by atoms with Crippen molar-refractivity contribution in [3.63, 3.8) is 0 Å². The molecule has 19 heavy (non-hydrogen) atoms. The van der Waals surface area contributed by atoms with Gasteiger partial charge in [-0.3, -0.25) is 9.59 Å². The van der Waals surface area contributed by atoms with Gasteiger partial charge in [0.25, 0.3) is 5.91 Å². The lowest BCUT2D eigenvalue weighted by Crippen LogP contribution is -2.50. The molecule has 0 unspecified atom stereocenters. The lowest BCUT2D eigenvalue weighted by atomic mass is 10.2. The zero-order chi connectivity index (χ0) is 14.0. The zero-order valence-corrected chi connectivity index (χ0v) is 11.8. The van der Waals surface area contributed by atoms with Crippen LogP contribution >= 0.6 is 0 Å². The Morgan fingerprint density at radius 3 is 2.21 bits per heavy atom. The van der Waals surface area contributed by atoms with E-state index in [1.165, 1.54) is 0 Å². The molecule has 0 aromatic carbocycles. The fourth-order valence-corrected chi connectivity index (χ4v) is 2.50. The van der Waals surface area contributed by atoms with Gasteiger partial charge < -0.3 is 14.8 Å². The largest absolute Gasteiger partial charge is 0.362 e. The van der Waals surface area contributed by atoms with E-state index < -0.39 is 0 Å². The van der Waals surface area contributed by atoms with Gasteiger partial charge in [-0.25, -0.2) is 0 Å². The van der Waals surface area contributed by atoms with Crippen LogP contribution in [0.15, 0.2) is 6.07 Å². The maximum Gasteiger partial charge on any atom is 0.255 e. The van der Waals surface area contributed by atoms with Gasteiger partial charge in [0, 0.05) is 44.0 Å². The van der Waals surface area contributed by atoms with Crippen LogP contribution in [0.3, 0.4) is 0 Å². The average molecular weight is 263 g/mol. The Labute approximate surface area is 113 Å². The summed E-state index contributed by atoms with van der Waals surface area (Å²) in [6.45, 7) is 8.24. The Hall–Kier alpha value is -1.78. The third kappa shape index (κ3) is 2.80. The van der Waals surface area contributed by atoms with Gasteiger partial charge in [-0.05, 0) is 19.9 Å². The van der Waals surface area contributed by atoms with E-state index in [1.807, 2.05) is 36.6 Å². The fourth-order valence-electron chi connectivity index (χ4n) is 2.50. The third-order valence-corrected chi connectivity index (χ3v) is 3.60. The lowest BCUT2D eigenvalue weighted by Gasteiger charge is -2.34. The number of nitrogens with one attached hydrogen (secondary N) is 1. The van der Waals surface area contributed by atoms with E-state index in [0.29, 0.717) is 32.6 Å². The standard InChI is InChI=1S/C14H21N3O2/c1-4-13(18)16-5-7-17(8-6-16)14(19)12-9-10(2)15-11(12)3/h9,15H,4-8H2,1-3H3. The molecule has 1 saturated heterocycles. The molecule has 5 heteroatoms. The molecule has 1 aromatic rings. The van der Waals surface area contributed by atoms with E-state index in [1.54, 1.807) is 0 Å². The minimum Gasteiger partial charge on any atom is -0.362 e. The van der Waals surface area contributed by atoms with Gasteiger partial charge in [0.1, 0.15) is 0 Å². The predicted molar refractivity (Wildman–Crippen MR) is 73.0 cm³/mol. The monoisotopic (exact) mass is 263 g/mol. The maximum absolute atomic E-state index is 12.4. The van der Waals surface area contributed by atoms with E-state index in [0.717, 1.165) is 17.0 Å². The molecular weight excluding hydrogens is 242 g/mol. The van der Waals surface area contributed by atoms with Gasteiger partial charge >= 0.3 is 0 Å². The third-order valence-electron chi connectivity index (χ3n) is 3.60. The molecule has 0 saturated carbocycles. The predicted octanol–water partition coefficient (Wildman–Crippen LogP) is 1.33. The molecule has 0 radical (unpaired) electrons. The van der Waals surface area contributed by atoms with E-state index in [4.69, 9.17) is 0 Å². The Bertz CT molecular complexity index is 485. The molecular formula is C14H21N3O2. The molecule has 0 bridgehead atoms. The number of carbonyl (C=O) groups is 2. The van der Waals surface area contributed by atoms with Crippen molar-refractivity contribution < 1.29 is 9.59 Å². The van der Waals surface area contributed by atoms with Gasteiger partial charge in [-0.2, -0.15) is 0 Å². The van der Waals surface area contributed by atoms with Crippen LogP contribution in [-0.4, -0.2) is 52.8 Å². The number of rotatable bonds is 2. The van der Waals surface area contributed by atoms with Crippen LogP contribution in [0, 0.1) is 13.8 Å². The van der Waals surface area contributed by atoms with Gasteiger partial charge in [0.15, 0.2) is 0 Å². The van der Waals surface area contributed by atoms with E-state index >= 15 is 0 Å². The first-order valence-electron chi connectivity index (χ1n) is 6.76. The molecule has 1 aromatic heterocycles. The van der Waals surface area contributed by atoms with Crippen LogP contribution in [0.4, 0.5) is 0 Å². The number of aromatic amines is 1. The number of aromatic nitrogens is 1. The molecule has 0 atom stereocenters. The minimum absolute atomic E-state index is 0.0606. The van der Waals surface area contributed by atoms with Crippen molar-refractivity contribution in [1.29, 1.82) is 0 Å². The average Bonchev–Trinajstić information content (AvgIpc) is 2.76. The molecule has 0 spiro atoms. The molecule has 2 heterocycles. The van der Waals surface area contributed by atoms with Crippen LogP contribution in [0.1, 0.15) is 35.1 Å². The zero-order valence-electron chi connectivity index (χ0n) is 11.8. The number of piperazine rings is 1. The van der Waals surface area contributed by atoms with Crippen molar-refractivity contribution in [3.8, 4) is 0 Å². The van der Waals surface area contributed by atoms with Crippen molar-refractivity contribution in [2.24, 2.45) is 0 Å². The minimum atomic E-state index is 0.0606. The summed E-state index contributed by atoms with van der Waals surface area (Å²) in [6.07, 6.45) is 0.532. The highest BCUT2D eigenvalue weighted by Gasteiger charge is 2.25. The molecule has 2 amide bonds. The summed E-state index contributed by atoms with van der Waals surface area (Å²) in [4.78, 5) is 30.8. The second-order valence-electron chi connectivity index (χ2n) is 5.02. The molecule has 2 rings (SSSR count). The Kier molecular flexibility index (Phi) is 3.93. The van der Waals surface area contributed by atoms with Gasteiger partial charge in [0.05, 0.1) is 5.56 Å². The second-order valence-corrected chi connectivity index (χ2v) is 5.02. The first-order chi connectivity index (χ1) is 9.02. The Balaban J connectivity index is 2.00. The number of hydrogen-bond donors (Lipinski definition) is 1. The molecule has 1 N–H and O–H groups in total. The van der Waals surface area contributed by atoms with Crippen molar-refractivity contribution in [1.82, 2.24) is 14.8 Å². The van der Waals surface area contributed by atoms with E-state index in [-0.39, 0.29) is 11.8 Å². The Morgan fingerprint density at radius 2 is 1.74 bits per heavy atom. The van der Waals surface area contributed by atoms with Crippen LogP contribution in [0.25, 0.3) is 0 Å². The van der Waals surface area contributed by atoms with Crippen LogP contribution < -0.4 is 0 Å². The number of nitrogens with zero attached hydrogens (tertiary/aromatic N) is 2. The number of aryl methyl sites for hydroxylation is 2. The van der Waals surface area contributed by atoms with Crippen molar-refractivity contribution in [3.05, 3.63) is 23.0 Å². The van der Waals surface area contributed by atoms with Crippen molar-refractivity contribution in [2.45, 2.75) is 27.2 Å². The first-order valence-corrected chi connectivity index (χ1v) is 6.76. The quantitative estimate of drug-likeness (QED) is 0.875. The van der Waals surface area contributed by atoms with E-state index in [9.17, 15) is 9.59 Å². The van der Waals surface area contributed by atoms with Crippen LogP contribution in [0.5, 0.6) is 0 Å². The first kappa shape index (κ1) is 13.6. The highest BCUT2D eigenvalue weighted by atomic mass is 16.2. The number of hydrogen-bond acceptors (Lipinski definition) is 2. The highest BCUT2D eigenvalue weighted by Crippen LogP contribution is 2.14.